The van der Waals surface area contributed by atoms with E-state index in [-0.39, 0.29) is 5.41 Å². The van der Waals surface area contributed by atoms with E-state index in [1.165, 1.54) is 57.0 Å². The zero-order valence-corrected chi connectivity index (χ0v) is 15.4. The molecule has 1 aromatic heterocycles. The van der Waals surface area contributed by atoms with Gasteiger partial charge < -0.3 is 10.3 Å². The number of benzene rings is 3. The van der Waals surface area contributed by atoms with Crippen LogP contribution in [-0.2, 0) is 5.41 Å². The first kappa shape index (κ1) is 15.1. The van der Waals surface area contributed by atoms with Gasteiger partial charge in [0.1, 0.15) is 0 Å². The smallest absolute Gasteiger partial charge is 0.0465 e. The number of allylic oxidation sites excluding steroid dienone is 1. The van der Waals surface area contributed by atoms with E-state index in [1.54, 1.807) is 0 Å². The van der Waals surface area contributed by atoms with Crippen LogP contribution in [0.15, 0.2) is 72.8 Å². The van der Waals surface area contributed by atoms with E-state index in [0.29, 0.717) is 6.04 Å². The SMILES string of the molecule is CC12C=CCCC1Nc1ccc(-c3ccc4[nH]c5ccccc5c4c3)cc12. The van der Waals surface area contributed by atoms with Crippen molar-refractivity contribution in [3.8, 4) is 11.1 Å². The second-order valence-corrected chi connectivity index (χ2v) is 8.15. The molecule has 2 aliphatic rings. The van der Waals surface area contributed by atoms with Gasteiger partial charge in [-0.1, -0.05) is 42.5 Å². The number of anilines is 1. The molecule has 27 heavy (non-hydrogen) atoms. The van der Waals surface area contributed by atoms with Gasteiger partial charge in [0.2, 0.25) is 0 Å². The summed E-state index contributed by atoms with van der Waals surface area (Å²) in [5.41, 5.74) is 7.81. The summed E-state index contributed by atoms with van der Waals surface area (Å²) in [5.74, 6) is 0. The molecular formula is C25H22N2. The van der Waals surface area contributed by atoms with Crippen LogP contribution in [0.5, 0.6) is 0 Å². The van der Waals surface area contributed by atoms with E-state index in [2.05, 4.69) is 90.0 Å². The third kappa shape index (κ3) is 2.07. The van der Waals surface area contributed by atoms with Crippen LogP contribution < -0.4 is 5.32 Å². The zero-order valence-electron chi connectivity index (χ0n) is 15.4. The quantitative estimate of drug-likeness (QED) is 0.382. The van der Waals surface area contributed by atoms with Crippen LogP contribution in [0, 0.1) is 0 Å². The van der Waals surface area contributed by atoms with Gasteiger partial charge in [-0.25, -0.2) is 0 Å². The van der Waals surface area contributed by atoms with Crippen LogP contribution in [0.25, 0.3) is 32.9 Å². The first-order chi connectivity index (χ1) is 13.2. The highest BCUT2D eigenvalue weighted by molar-refractivity contribution is 6.08. The van der Waals surface area contributed by atoms with E-state index in [0.717, 1.165) is 0 Å². The molecular weight excluding hydrogens is 328 g/mol. The fourth-order valence-corrected chi connectivity index (χ4v) is 5.02. The van der Waals surface area contributed by atoms with Crippen LogP contribution in [0.1, 0.15) is 25.3 Å². The number of fused-ring (bicyclic) bond motifs is 6. The highest BCUT2D eigenvalue weighted by atomic mass is 15.0. The molecule has 3 aromatic carbocycles. The Hall–Kier alpha value is -3.00. The summed E-state index contributed by atoms with van der Waals surface area (Å²) < 4.78 is 0. The second-order valence-electron chi connectivity index (χ2n) is 8.15. The number of aromatic nitrogens is 1. The topological polar surface area (TPSA) is 27.8 Å². The van der Waals surface area contributed by atoms with Gasteiger partial charge in [-0.2, -0.15) is 0 Å². The number of rotatable bonds is 1. The van der Waals surface area contributed by atoms with Crippen LogP contribution in [-0.4, -0.2) is 11.0 Å². The number of aromatic amines is 1. The molecule has 2 heterocycles. The minimum Gasteiger partial charge on any atom is -0.381 e. The number of hydrogen-bond donors (Lipinski definition) is 2. The summed E-state index contributed by atoms with van der Waals surface area (Å²) >= 11 is 0. The first-order valence-corrected chi connectivity index (χ1v) is 9.82. The van der Waals surface area contributed by atoms with Crippen molar-refractivity contribution in [2.24, 2.45) is 0 Å². The Morgan fingerprint density at radius 3 is 2.67 bits per heavy atom. The number of hydrogen-bond acceptors (Lipinski definition) is 1. The third-order valence-electron chi connectivity index (χ3n) is 6.58. The average molecular weight is 350 g/mol. The highest BCUT2D eigenvalue weighted by Crippen LogP contribution is 2.47. The summed E-state index contributed by atoms with van der Waals surface area (Å²) in [6, 6.07) is 22.7. The maximum atomic E-state index is 3.75. The molecule has 0 amide bonds. The summed E-state index contributed by atoms with van der Waals surface area (Å²) in [4.78, 5) is 3.52. The Bertz CT molecular complexity index is 1230. The van der Waals surface area contributed by atoms with E-state index in [1.807, 2.05) is 0 Å². The van der Waals surface area contributed by atoms with Crippen molar-refractivity contribution in [3.05, 3.63) is 78.4 Å². The maximum Gasteiger partial charge on any atom is 0.0465 e. The molecule has 0 saturated heterocycles. The van der Waals surface area contributed by atoms with Crippen molar-refractivity contribution >= 4 is 27.5 Å². The standard InChI is InChI=1S/C25H22N2/c1-25-13-5-4-8-24(25)27-23-12-10-17(15-20(23)25)16-9-11-22-19(14-16)18-6-2-3-7-21(18)26-22/h2-3,5-7,9-15,24,26-27H,4,8H2,1H3. The van der Waals surface area contributed by atoms with E-state index < -0.39 is 0 Å². The Morgan fingerprint density at radius 2 is 1.70 bits per heavy atom. The molecule has 2 heteroatoms. The van der Waals surface area contributed by atoms with Crippen LogP contribution >= 0.6 is 0 Å². The van der Waals surface area contributed by atoms with Crippen molar-refractivity contribution in [3.63, 3.8) is 0 Å². The van der Waals surface area contributed by atoms with Gasteiger partial charge in [-0.3, -0.25) is 0 Å². The zero-order chi connectivity index (χ0) is 18.0. The minimum atomic E-state index is 0.106. The fraction of sp³-hybridized carbons (Fsp3) is 0.200. The Labute approximate surface area is 158 Å². The average Bonchev–Trinajstić information content (AvgIpc) is 3.22. The molecule has 0 fully saturated rings. The lowest BCUT2D eigenvalue weighted by atomic mass is 9.73. The summed E-state index contributed by atoms with van der Waals surface area (Å²) in [6.07, 6.45) is 7.13. The maximum absolute atomic E-state index is 3.75. The lowest BCUT2D eigenvalue weighted by Gasteiger charge is -2.32. The number of nitrogens with one attached hydrogen (secondary N) is 2. The van der Waals surface area contributed by atoms with Crippen LogP contribution in [0.4, 0.5) is 5.69 Å². The van der Waals surface area contributed by atoms with Gasteiger partial charge in [-0.15, -0.1) is 0 Å². The van der Waals surface area contributed by atoms with E-state index in [9.17, 15) is 0 Å². The van der Waals surface area contributed by atoms with E-state index >= 15 is 0 Å². The molecule has 1 aliphatic carbocycles. The molecule has 0 bridgehead atoms. The highest BCUT2D eigenvalue weighted by Gasteiger charge is 2.42. The predicted molar refractivity (Wildman–Crippen MR) is 114 cm³/mol. The number of H-pyrrole nitrogens is 1. The largest absolute Gasteiger partial charge is 0.381 e. The van der Waals surface area contributed by atoms with Gasteiger partial charge in [0.25, 0.3) is 0 Å². The lowest BCUT2D eigenvalue weighted by Crippen LogP contribution is -2.36. The predicted octanol–water partition coefficient (Wildman–Crippen LogP) is 6.39. The number of para-hydroxylation sites is 1. The summed E-state index contributed by atoms with van der Waals surface area (Å²) in [5, 5.41) is 6.33. The normalized spacial score (nSPS) is 23.4. The summed E-state index contributed by atoms with van der Waals surface area (Å²) in [7, 11) is 0. The Kier molecular flexibility index (Phi) is 2.94. The van der Waals surface area contributed by atoms with Gasteiger partial charge in [0.05, 0.1) is 0 Å². The van der Waals surface area contributed by atoms with Gasteiger partial charge in [0.15, 0.2) is 0 Å². The molecule has 1 aliphatic heterocycles. The second kappa shape index (κ2) is 5.26. The van der Waals surface area contributed by atoms with E-state index in [4.69, 9.17) is 0 Å². The Balaban J connectivity index is 1.52. The molecule has 2 atom stereocenters. The van der Waals surface area contributed by atoms with Crippen LogP contribution in [0.3, 0.4) is 0 Å². The lowest BCUT2D eigenvalue weighted by molar-refractivity contribution is 0.468. The molecule has 6 rings (SSSR count). The molecule has 4 aromatic rings. The van der Waals surface area contributed by atoms with Crippen molar-refractivity contribution in [1.82, 2.24) is 4.98 Å². The van der Waals surface area contributed by atoms with Crippen molar-refractivity contribution < 1.29 is 0 Å². The minimum absolute atomic E-state index is 0.106. The van der Waals surface area contributed by atoms with Crippen molar-refractivity contribution in [1.29, 1.82) is 0 Å². The monoisotopic (exact) mass is 350 g/mol. The molecule has 2 nitrogen and oxygen atoms in total. The van der Waals surface area contributed by atoms with Gasteiger partial charge >= 0.3 is 0 Å². The fourth-order valence-electron chi connectivity index (χ4n) is 5.02. The van der Waals surface area contributed by atoms with Gasteiger partial charge in [-0.05, 0) is 66.8 Å². The molecule has 0 spiro atoms. The molecule has 132 valence electrons. The summed E-state index contributed by atoms with van der Waals surface area (Å²) in [6.45, 7) is 2.37. The van der Waals surface area contributed by atoms with Crippen LogP contribution in [0.2, 0.25) is 0 Å². The molecule has 0 saturated carbocycles. The van der Waals surface area contributed by atoms with Crippen molar-refractivity contribution in [2.75, 3.05) is 5.32 Å². The third-order valence-corrected chi connectivity index (χ3v) is 6.58. The van der Waals surface area contributed by atoms with Crippen molar-refractivity contribution in [2.45, 2.75) is 31.2 Å². The van der Waals surface area contributed by atoms with Gasteiger partial charge in [0, 0.05) is 39.0 Å². The molecule has 2 unspecified atom stereocenters. The Morgan fingerprint density at radius 1 is 0.889 bits per heavy atom. The molecule has 2 N–H and O–H groups in total. The first-order valence-electron chi connectivity index (χ1n) is 9.82. The molecule has 0 radical (unpaired) electrons.